The van der Waals surface area contributed by atoms with E-state index in [0.29, 0.717) is 9.90 Å². The number of thiophene rings is 1. The highest BCUT2D eigenvalue weighted by atomic mass is 35.5. The zero-order valence-electron chi connectivity index (χ0n) is 14.0. The molecule has 0 radical (unpaired) electrons. The zero-order valence-corrected chi connectivity index (χ0v) is 16.3. The Morgan fingerprint density at radius 1 is 1.40 bits per heavy atom. The van der Waals surface area contributed by atoms with Gasteiger partial charge in [-0.2, -0.15) is 0 Å². The number of benzene rings is 1. The summed E-state index contributed by atoms with van der Waals surface area (Å²) in [6, 6.07) is 9.46. The zero-order chi connectivity index (χ0) is 18.4. The van der Waals surface area contributed by atoms with Crippen LogP contribution in [0.2, 0.25) is 4.34 Å². The number of methoxy groups -OCH3 is 1. The first-order chi connectivity index (χ1) is 11.7. The van der Waals surface area contributed by atoms with Gasteiger partial charge in [0.1, 0.15) is 5.75 Å². The average molecular weight is 400 g/mol. The van der Waals surface area contributed by atoms with Gasteiger partial charge in [0.2, 0.25) is 16.0 Å². The van der Waals surface area contributed by atoms with E-state index in [1.807, 2.05) is 30.3 Å². The van der Waals surface area contributed by atoms with Crippen LogP contribution >= 0.6 is 22.9 Å². The van der Waals surface area contributed by atoms with Crippen LogP contribution < -0.4 is 10.1 Å². The number of rotatable bonds is 3. The summed E-state index contributed by atoms with van der Waals surface area (Å²) in [7, 11) is -0.612. The molecule has 1 aliphatic heterocycles. The van der Waals surface area contributed by atoms with Gasteiger partial charge in [0.25, 0.3) is 0 Å². The van der Waals surface area contributed by atoms with Crippen molar-refractivity contribution in [3.8, 4) is 16.2 Å². The molecule has 0 spiro atoms. The first kappa shape index (κ1) is 18.0. The molecule has 1 atom stereocenters. The molecular formula is C16H18ClN3O3S2. The first-order valence-electron chi connectivity index (χ1n) is 7.44. The largest absolute Gasteiger partial charge is 0.497 e. The Labute approximate surface area is 155 Å². The highest BCUT2D eigenvalue weighted by Gasteiger charge is 2.43. The van der Waals surface area contributed by atoms with Gasteiger partial charge in [-0.15, -0.1) is 11.3 Å². The van der Waals surface area contributed by atoms with Gasteiger partial charge in [-0.1, -0.05) is 23.7 Å². The number of nitrogens with zero attached hydrogens (tertiary/aromatic N) is 1. The lowest BCUT2D eigenvalue weighted by Gasteiger charge is -2.39. The Bertz CT molecular complexity index is 942. The van der Waals surface area contributed by atoms with Crippen molar-refractivity contribution in [2.75, 3.05) is 19.9 Å². The molecule has 1 aromatic carbocycles. The molecule has 134 valence electrons. The van der Waals surface area contributed by atoms with E-state index in [1.54, 1.807) is 14.0 Å². The van der Waals surface area contributed by atoms with Gasteiger partial charge in [-0.3, -0.25) is 5.41 Å². The summed E-state index contributed by atoms with van der Waals surface area (Å²) < 4.78 is 31.4. The molecule has 0 saturated carbocycles. The lowest BCUT2D eigenvalue weighted by atomic mass is 9.96. The summed E-state index contributed by atoms with van der Waals surface area (Å²) in [5.74, 6) is 0.392. The van der Waals surface area contributed by atoms with Crippen molar-refractivity contribution in [2.24, 2.45) is 0 Å². The van der Waals surface area contributed by atoms with E-state index in [1.165, 1.54) is 18.4 Å². The van der Waals surface area contributed by atoms with Gasteiger partial charge >= 0.3 is 0 Å². The summed E-state index contributed by atoms with van der Waals surface area (Å²) in [6.45, 7) is 1.75. The molecule has 6 nitrogen and oxygen atoms in total. The van der Waals surface area contributed by atoms with E-state index in [2.05, 4.69) is 5.32 Å². The highest BCUT2D eigenvalue weighted by molar-refractivity contribution is 7.89. The van der Waals surface area contributed by atoms with Gasteiger partial charge in [0.05, 0.1) is 22.7 Å². The number of sulfonamides is 1. The molecule has 0 amide bonds. The van der Waals surface area contributed by atoms with E-state index >= 15 is 0 Å². The van der Waals surface area contributed by atoms with Crippen LogP contribution in [0.1, 0.15) is 12.5 Å². The van der Waals surface area contributed by atoms with Crippen LogP contribution in [-0.2, 0) is 15.6 Å². The predicted octanol–water partition coefficient (Wildman–Crippen LogP) is 3.09. The Morgan fingerprint density at radius 2 is 2.12 bits per heavy atom. The number of hydrogen-bond donors (Lipinski definition) is 2. The Kier molecular flexibility index (Phi) is 4.47. The Morgan fingerprint density at radius 3 is 2.76 bits per heavy atom. The number of ether oxygens (including phenoxy) is 1. The summed E-state index contributed by atoms with van der Waals surface area (Å²) in [4.78, 5) is 0.907. The van der Waals surface area contributed by atoms with E-state index in [0.717, 1.165) is 20.5 Å². The SMILES string of the molecule is COc1cccc(-c2cc([C@]3(C)CS(=O)(=O)N(C)C(=N)N3)c(Cl)s2)c1. The quantitative estimate of drug-likeness (QED) is 0.830. The Hall–Kier alpha value is -1.77. The minimum atomic E-state index is -3.58. The minimum Gasteiger partial charge on any atom is -0.497 e. The summed E-state index contributed by atoms with van der Waals surface area (Å²) in [6.07, 6.45) is 0. The molecule has 0 aliphatic carbocycles. The number of guanidine groups is 1. The van der Waals surface area contributed by atoms with Crippen LogP contribution in [0.25, 0.3) is 10.4 Å². The molecule has 2 heterocycles. The van der Waals surface area contributed by atoms with Crippen molar-refractivity contribution < 1.29 is 13.2 Å². The van der Waals surface area contributed by atoms with Crippen LogP contribution in [0, 0.1) is 5.41 Å². The summed E-state index contributed by atoms with van der Waals surface area (Å²) in [5.41, 5.74) is 0.637. The summed E-state index contributed by atoms with van der Waals surface area (Å²) >= 11 is 7.81. The maximum Gasteiger partial charge on any atom is 0.239 e. The molecule has 2 N–H and O–H groups in total. The molecule has 1 fully saturated rings. The molecule has 1 saturated heterocycles. The third-order valence-electron chi connectivity index (χ3n) is 4.23. The molecule has 25 heavy (non-hydrogen) atoms. The monoisotopic (exact) mass is 399 g/mol. The van der Waals surface area contributed by atoms with Crippen molar-refractivity contribution >= 4 is 38.9 Å². The van der Waals surface area contributed by atoms with Crippen LogP contribution in [0.15, 0.2) is 30.3 Å². The lowest BCUT2D eigenvalue weighted by Crippen LogP contribution is -2.60. The average Bonchev–Trinajstić information content (AvgIpc) is 2.95. The molecule has 0 unspecified atom stereocenters. The van der Waals surface area contributed by atoms with Gasteiger partial charge in [0, 0.05) is 17.5 Å². The van der Waals surface area contributed by atoms with E-state index in [-0.39, 0.29) is 11.7 Å². The van der Waals surface area contributed by atoms with Crippen molar-refractivity contribution in [2.45, 2.75) is 12.5 Å². The number of halogens is 1. The lowest BCUT2D eigenvalue weighted by molar-refractivity contribution is 0.415. The Balaban J connectivity index is 2.04. The second kappa shape index (κ2) is 6.19. The van der Waals surface area contributed by atoms with Crippen LogP contribution in [0.5, 0.6) is 5.75 Å². The number of nitrogens with one attached hydrogen (secondary N) is 2. The van der Waals surface area contributed by atoms with Gasteiger partial charge in [0.15, 0.2) is 0 Å². The van der Waals surface area contributed by atoms with E-state index in [9.17, 15) is 8.42 Å². The van der Waals surface area contributed by atoms with Gasteiger partial charge < -0.3 is 10.1 Å². The summed E-state index contributed by atoms with van der Waals surface area (Å²) in [5, 5.41) is 10.9. The second-order valence-electron chi connectivity index (χ2n) is 6.06. The van der Waals surface area contributed by atoms with Crippen molar-refractivity contribution in [1.82, 2.24) is 9.62 Å². The van der Waals surface area contributed by atoms with E-state index < -0.39 is 15.6 Å². The fourth-order valence-electron chi connectivity index (χ4n) is 2.79. The van der Waals surface area contributed by atoms with E-state index in [4.69, 9.17) is 21.7 Å². The first-order valence-corrected chi connectivity index (χ1v) is 10.2. The molecule has 3 rings (SSSR count). The maximum absolute atomic E-state index is 12.3. The number of hydrogen-bond acceptors (Lipinski definition) is 5. The fourth-order valence-corrected chi connectivity index (χ4v) is 5.78. The fraction of sp³-hybridized carbons (Fsp3) is 0.312. The maximum atomic E-state index is 12.3. The molecular weight excluding hydrogens is 382 g/mol. The topological polar surface area (TPSA) is 82.5 Å². The van der Waals surface area contributed by atoms with Crippen molar-refractivity contribution in [3.63, 3.8) is 0 Å². The third-order valence-corrected chi connectivity index (χ3v) is 7.60. The van der Waals surface area contributed by atoms with Crippen LogP contribution in [0.4, 0.5) is 0 Å². The minimum absolute atomic E-state index is 0.168. The van der Waals surface area contributed by atoms with Gasteiger partial charge in [-0.05, 0) is 30.7 Å². The second-order valence-corrected chi connectivity index (χ2v) is 9.71. The smallest absolute Gasteiger partial charge is 0.239 e. The van der Waals surface area contributed by atoms with Crippen LogP contribution in [-0.4, -0.2) is 38.6 Å². The normalized spacial score (nSPS) is 22.6. The van der Waals surface area contributed by atoms with Gasteiger partial charge in [-0.25, -0.2) is 12.7 Å². The van der Waals surface area contributed by atoms with Crippen LogP contribution in [0.3, 0.4) is 0 Å². The molecule has 2 aromatic rings. The predicted molar refractivity (Wildman–Crippen MR) is 101 cm³/mol. The molecule has 0 bridgehead atoms. The molecule has 1 aliphatic rings. The van der Waals surface area contributed by atoms with Crippen molar-refractivity contribution in [1.29, 1.82) is 5.41 Å². The molecule has 1 aromatic heterocycles. The third kappa shape index (κ3) is 3.21. The highest BCUT2D eigenvalue weighted by Crippen LogP contribution is 2.42. The van der Waals surface area contributed by atoms with Crippen molar-refractivity contribution in [3.05, 3.63) is 40.2 Å². The standard InChI is InChI=1S/C16H18ClN3O3S2/c1-16(9-25(21,22)20(2)15(18)19-16)12-8-13(24-14(12)17)10-5-4-6-11(7-10)23-3/h4-8H,9H2,1-3H3,(H2,18,19)/t16-/m0/s1. The molecule has 9 heteroatoms.